The summed E-state index contributed by atoms with van der Waals surface area (Å²) in [6.07, 6.45) is 4.77. The molecular weight excluding hydrogens is 329 g/mol. The molecule has 1 aromatic carbocycles. The molecule has 2 aromatic rings. The van der Waals surface area contributed by atoms with Gasteiger partial charge in [0.2, 0.25) is 5.91 Å². The van der Waals surface area contributed by atoms with Gasteiger partial charge in [-0.05, 0) is 48.6 Å². The molecular formula is C18H20FNOS2. The average molecular weight is 349 g/mol. The zero-order chi connectivity index (χ0) is 16.1. The average Bonchev–Trinajstić information content (AvgIpc) is 3.24. The van der Waals surface area contributed by atoms with Gasteiger partial charge in [-0.15, -0.1) is 23.1 Å². The van der Waals surface area contributed by atoms with Crippen molar-refractivity contribution in [2.75, 3.05) is 12.3 Å². The van der Waals surface area contributed by atoms with E-state index in [1.54, 1.807) is 23.5 Å². The van der Waals surface area contributed by atoms with Crippen LogP contribution in [0.5, 0.6) is 0 Å². The second kappa shape index (κ2) is 7.49. The molecule has 1 N–H and O–H groups in total. The van der Waals surface area contributed by atoms with Crippen LogP contribution in [0.4, 0.5) is 4.39 Å². The maximum atomic E-state index is 12.9. The zero-order valence-corrected chi connectivity index (χ0v) is 14.5. The van der Waals surface area contributed by atoms with E-state index in [1.807, 2.05) is 0 Å². The molecule has 0 bridgehead atoms. The number of benzene rings is 1. The molecule has 0 unspecified atom stereocenters. The van der Waals surface area contributed by atoms with Crippen LogP contribution in [0.1, 0.15) is 30.6 Å². The molecule has 1 aromatic heterocycles. The van der Waals surface area contributed by atoms with Crippen LogP contribution in [0.25, 0.3) is 0 Å². The number of carbonyl (C=O) groups excluding carboxylic acids is 1. The summed E-state index contributed by atoms with van der Waals surface area (Å²) < 4.78 is 12.9. The van der Waals surface area contributed by atoms with Crippen molar-refractivity contribution in [1.82, 2.24) is 5.32 Å². The fourth-order valence-electron chi connectivity index (χ4n) is 3.14. The number of nitrogens with one attached hydrogen (secondary N) is 1. The molecule has 0 spiro atoms. The lowest BCUT2D eigenvalue weighted by Crippen LogP contribution is -2.39. The van der Waals surface area contributed by atoms with Crippen LogP contribution in [-0.4, -0.2) is 18.2 Å². The van der Waals surface area contributed by atoms with Gasteiger partial charge in [-0.2, -0.15) is 0 Å². The molecule has 3 rings (SSSR count). The summed E-state index contributed by atoms with van der Waals surface area (Å²) in [5.74, 6) is 0.159. The molecule has 1 aliphatic carbocycles. The van der Waals surface area contributed by atoms with Crippen LogP contribution in [0.3, 0.4) is 0 Å². The predicted molar refractivity (Wildman–Crippen MR) is 94.6 cm³/mol. The molecule has 23 heavy (non-hydrogen) atoms. The lowest BCUT2D eigenvalue weighted by molar-refractivity contribution is -0.118. The molecule has 122 valence electrons. The summed E-state index contributed by atoms with van der Waals surface area (Å²) in [5, 5.41) is 5.22. The molecule has 5 heteroatoms. The van der Waals surface area contributed by atoms with Crippen LogP contribution >= 0.6 is 23.1 Å². The summed E-state index contributed by atoms with van der Waals surface area (Å²) >= 11 is 3.23. The Labute approximate surface area is 144 Å². The second-order valence-corrected chi connectivity index (χ2v) is 7.98. The third kappa shape index (κ3) is 4.15. The van der Waals surface area contributed by atoms with Gasteiger partial charge in [0.15, 0.2) is 0 Å². The number of halogens is 1. The summed E-state index contributed by atoms with van der Waals surface area (Å²) in [7, 11) is 0. The second-order valence-electron chi connectivity index (χ2n) is 5.98. The number of amides is 1. The Morgan fingerprint density at radius 1 is 1.22 bits per heavy atom. The fraction of sp³-hybridized carbons (Fsp3) is 0.389. The highest BCUT2D eigenvalue weighted by Gasteiger charge is 2.36. The smallest absolute Gasteiger partial charge is 0.230 e. The fourth-order valence-corrected chi connectivity index (χ4v) is 4.86. The first-order valence-corrected chi connectivity index (χ1v) is 9.74. The van der Waals surface area contributed by atoms with Gasteiger partial charge in [0.25, 0.3) is 0 Å². The molecule has 0 saturated heterocycles. The minimum Gasteiger partial charge on any atom is -0.354 e. The summed E-state index contributed by atoms with van der Waals surface area (Å²) in [4.78, 5) is 14.5. The van der Waals surface area contributed by atoms with Crippen LogP contribution in [0.2, 0.25) is 0 Å². The van der Waals surface area contributed by atoms with E-state index >= 15 is 0 Å². The summed E-state index contributed by atoms with van der Waals surface area (Å²) in [6.45, 7) is 0.719. The third-order valence-electron chi connectivity index (χ3n) is 4.41. The highest BCUT2D eigenvalue weighted by molar-refractivity contribution is 8.00. The number of carbonyl (C=O) groups is 1. The van der Waals surface area contributed by atoms with Crippen molar-refractivity contribution in [3.8, 4) is 0 Å². The first kappa shape index (κ1) is 16.5. The van der Waals surface area contributed by atoms with Gasteiger partial charge >= 0.3 is 0 Å². The van der Waals surface area contributed by atoms with Crippen molar-refractivity contribution >= 4 is 29.0 Å². The largest absolute Gasteiger partial charge is 0.354 e. The Morgan fingerprint density at radius 3 is 2.61 bits per heavy atom. The normalized spacial score (nSPS) is 16.4. The van der Waals surface area contributed by atoms with Crippen molar-refractivity contribution in [1.29, 1.82) is 0 Å². The van der Waals surface area contributed by atoms with E-state index in [0.29, 0.717) is 5.75 Å². The molecule has 1 heterocycles. The number of thioether (sulfide) groups is 1. The maximum absolute atomic E-state index is 12.9. The lowest BCUT2D eigenvalue weighted by atomic mass is 9.84. The molecule has 1 saturated carbocycles. The topological polar surface area (TPSA) is 29.1 Å². The van der Waals surface area contributed by atoms with Crippen molar-refractivity contribution in [2.45, 2.75) is 36.0 Å². The zero-order valence-electron chi connectivity index (χ0n) is 12.9. The number of hydrogen-bond donors (Lipinski definition) is 1. The highest BCUT2D eigenvalue weighted by atomic mass is 32.2. The molecule has 1 amide bonds. The molecule has 1 aliphatic rings. The van der Waals surface area contributed by atoms with E-state index in [0.717, 1.165) is 24.3 Å². The monoisotopic (exact) mass is 349 g/mol. The highest BCUT2D eigenvalue weighted by Crippen LogP contribution is 2.42. The van der Waals surface area contributed by atoms with E-state index in [9.17, 15) is 9.18 Å². The van der Waals surface area contributed by atoms with Crippen LogP contribution in [-0.2, 0) is 10.2 Å². The van der Waals surface area contributed by atoms with Gasteiger partial charge in [0.1, 0.15) is 5.82 Å². The standard InChI is InChI=1S/C18H20FNOS2/c19-14-5-7-15(8-6-14)23-12-17(21)20-13-18(9-1-2-10-18)16-4-3-11-22-16/h3-8,11H,1-2,9-10,12-13H2,(H,20,21). The van der Waals surface area contributed by atoms with Gasteiger partial charge in [-0.25, -0.2) is 4.39 Å². The Hall–Kier alpha value is -1.33. The summed E-state index contributed by atoms with van der Waals surface area (Å²) in [5.41, 5.74) is 0.129. The van der Waals surface area contributed by atoms with Gasteiger partial charge in [-0.3, -0.25) is 4.79 Å². The van der Waals surface area contributed by atoms with E-state index in [4.69, 9.17) is 0 Å². The van der Waals surface area contributed by atoms with Crippen molar-refractivity contribution in [3.05, 3.63) is 52.5 Å². The summed E-state index contributed by atoms with van der Waals surface area (Å²) in [6, 6.07) is 10.5. The van der Waals surface area contributed by atoms with Crippen molar-refractivity contribution in [3.63, 3.8) is 0 Å². The van der Waals surface area contributed by atoms with E-state index < -0.39 is 0 Å². The molecule has 0 atom stereocenters. The van der Waals surface area contributed by atoms with E-state index in [2.05, 4.69) is 22.8 Å². The first-order valence-electron chi connectivity index (χ1n) is 7.87. The van der Waals surface area contributed by atoms with E-state index in [1.165, 1.54) is 41.6 Å². The minimum absolute atomic E-state index is 0.0437. The molecule has 0 aliphatic heterocycles. The van der Waals surface area contributed by atoms with Crippen LogP contribution < -0.4 is 5.32 Å². The Morgan fingerprint density at radius 2 is 1.96 bits per heavy atom. The number of hydrogen-bond acceptors (Lipinski definition) is 3. The Balaban J connectivity index is 1.52. The SMILES string of the molecule is O=C(CSc1ccc(F)cc1)NCC1(c2cccs2)CCCC1. The van der Waals surface area contributed by atoms with Gasteiger partial charge in [0, 0.05) is 21.7 Å². The minimum atomic E-state index is -0.252. The number of thiophene rings is 1. The Bertz CT molecular complexity index is 634. The predicted octanol–water partition coefficient (Wildman–Crippen LogP) is 4.61. The lowest BCUT2D eigenvalue weighted by Gasteiger charge is -2.28. The van der Waals surface area contributed by atoms with Crippen molar-refractivity contribution in [2.24, 2.45) is 0 Å². The van der Waals surface area contributed by atoms with E-state index in [-0.39, 0.29) is 17.1 Å². The van der Waals surface area contributed by atoms with Gasteiger partial charge < -0.3 is 5.32 Å². The Kier molecular flexibility index (Phi) is 5.38. The number of rotatable bonds is 6. The van der Waals surface area contributed by atoms with Crippen molar-refractivity contribution < 1.29 is 9.18 Å². The quantitative estimate of drug-likeness (QED) is 0.772. The van der Waals surface area contributed by atoms with Crippen LogP contribution in [0.15, 0.2) is 46.7 Å². The van der Waals surface area contributed by atoms with Gasteiger partial charge in [-0.1, -0.05) is 18.9 Å². The molecule has 1 fully saturated rings. The van der Waals surface area contributed by atoms with Crippen LogP contribution in [0, 0.1) is 5.82 Å². The molecule has 0 radical (unpaired) electrons. The first-order chi connectivity index (χ1) is 11.2. The third-order valence-corrected chi connectivity index (χ3v) is 6.54. The maximum Gasteiger partial charge on any atom is 0.230 e. The molecule has 2 nitrogen and oxygen atoms in total. The van der Waals surface area contributed by atoms with Gasteiger partial charge in [0.05, 0.1) is 5.75 Å².